The number of ether oxygens (including phenoxy) is 1. The Morgan fingerprint density at radius 2 is 1.81 bits per heavy atom. The highest BCUT2D eigenvalue weighted by molar-refractivity contribution is 7.99. The normalized spacial score (nSPS) is 13.3. The highest BCUT2D eigenvalue weighted by Crippen LogP contribution is 2.32. The highest BCUT2D eigenvalue weighted by atomic mass is 32.2. The van der Waals surface area contributed by atoms with Crippen molar-refractivity contribution in [3.63, 3.8) is 0 Å². The Bertz CT molecular complexity index is 1800. The third-order valence-electron chi connectivity index (χ3n) is 6.73. The summed E-state index contributed by atoms with van der Waals surface area (Å²) in [6.07, 6.45) is 5.72. The van der Waals surface area contributed by atoms with Crippen molar-refractivity contribution in [1.29, 1.82) is 0 Å². The van der Waals surface area contributed by atoms with Crippen molar-refractivity contribution in [2.75, 3.05) is 34.8 Å². The molecule has 2 aromatic heterocycles. The zero-order valence-electron chi connectivity index (χ0n) is 23.1. The minimum Gasteiger partial charge on any atom is -0.452 e. The molecule has 43 heavy (non-hydrogen) atoms. The number of halogens is 2. The van der Waals surface area contributed by atoms with Crippen LogP contribution in [0.2, 0.25) is 0 Å². The molecule has 1 aliphatic heterocycles. The number of benzene rings is 2. The Morgan fingerprint density at radius 3 is 2.49 bits per heavy atom. The Morgan fingerprint density at radius 1 is 1.07 bits per heavy atom. The number of carbonyl (C=O) groups excluding carboxylic acids is 1. The molecule has 1 fully saturated rings. The summed E-state index contributed by atoms with van der Waals surface area (Å²) >= 11 is 1.87. The maximum atomic E-state index is 15.2. The molecular formula is C30H28F2N6O4S. The van der Waals surface area contributed by atoms with Gasteiger partial charge in [-0.3, -0.25) is 19.1 Å². The lowest BCUT2D eigenvalue weighted by Gasteiger charge is -2.28. The number of hydrogen-bond donors (Lipinski definition) is 2. The van der Waals surface area contributed by atoms with Crippen LogP contribution in [0.3, 0.4) is 0 Å². The van der Waals surface area contributed by atoms with Crippen LogP contribution in [0.25, 0.3) is 11.8 Å². The molecule has 3 heterocycles. The molecule has 4 aromatic rings. The minimum absolute atomic E-state index is 0.0524. The van der Waals surface area contributed by atoms with Gasteiger partial charge in [-0.25, -0.2) is 18.1 Å². The lowest BCUT2D eigenvalue weighted by molar-refractivity contribution is 0.102. The molecule has 0 saturated carbocycles. The van der Waals surface area contributed by atoms with Crippen LogP contribution in [0.15, 0.2) is 76.7 Å². The summed E-state index contributed by atoms with van der Waals surface area (Å²) in [6.45, 7) is 3.54. The molecule has 5 rings (SSSR count). The number of nitrogens with two attached hydrogens (primary N) is 1. The predicted octanol–water partition coefficient (Wildman–Crippen LogP) is 4.22. The smallest absolute Gasteiger partial charge is 0.335 e. The van der Waals surface area contributed by atoms with Crippen LogP contribution in [0.5, 0.6) is 11.5 Å². The van der Waals surface area contributed by atoms with Gasteiger partial charge in [-0.1, -0.05) is 0 Å². The molecule has 222 valence electrons. The van der Waals surface area contributed by atoms with E-state index in [9.17, 15) is 18.8 Å². The van der Waals surface area contributed by atoms with Gasteiger partial charge in [0.2, 0.25) is 0 Å². The van der Waals surface area contributed by atoms with E-state index in [2.05, 4.69) is 15.2 Å². The van der Waals surface area contributed by atoms with Gasteiger partial charge in [0, 0.05) is 55.2 Å². The molecule has 10 nitrogen and oxygen atoms in total. The summed E-state index contributed by atoms with van der Waals surface area (Å²) in [5.74, 6) is -0.0182. The summed E-state index contributed by atoms with van der Waals surface area (Å²) in [4.78, 5) is 45.8. The number of pyridine rings is 1. The molecule has 0 spiro atoms. The summed E-state index contributed by atoms with van der Waals surface area (Å²) < 4.78 is 36.5. The second kappa shape index (κ2) is 12.9. The lowest BCUT2D eigenvalue weighted by Crippen LogP contribution is -2.42. The number of carbonyl (C=O) groups is 1. The monoisotopic (exact) mass is 606 g/mol. The van der Waals surface area contributed by atoms with E-state index in [0.29, 0.717) is 11.4 Å². The second-order valence-electron chi connectivity index (χ2n) is 9.47. The van der Waals surface area contributed by atoms with Gasteiger partial charge in [0.15, 0.2) is 17.3 Å². The van der Waals surface area contributed by atoms with Crippen molar-refractivity contribution in [1.82, 2.24) is 14.1 Å². The van der Waals surface area contributed by atoms with E-state index in [1.807, 2.05) is 11.8 Å². The van der Waals surface area contributed by atoms with Gasteiger partial charge in [-0.15, -0.1) is 0 Å². The van der Waals surface area contributed by atoms with Gasteiger partial charge in [0.1, 0.15) is 17.1 Å². The molecule has 1 amide bonds. The van der Waals surface area contributed by atoms with E-state index >= 15 is 4.39 Å². The molecule has 1 aliphatic rings. The number of aryl methyl sites for hydroxylation is 1. The molecule has 0 radical (unpaired) electrons. The van der Waals surface area contributed by atoms with E-state index in [1.165, 1.54) is 35.0 Å². The van der Waals surface area contributed by atoms with Gasteiger partial charge >= 0.3 is 5.69 Å². The molecular weight excluding hydrogens is 578 g/mol. The number of hydrogen-bond acceptors (Lipinski definition) is 8. The van der Waals surface area contributed by atoms with Gasteiger partial charge in [0.25, 0.3) is 11.5 Å². The Labute approximate surface area is 249 Å². The van der Waals surface area contributed by atoms with Gasteiger partial charge < -0.3 is 20.7 Å². The number of aromatic nitrogens is 3. The minimum atomic E-state index is -0.903. The number of thioether (sulfide) groups is 1. The van der Waals surface area contributed by atoms with Gasteiger partial charge in [0.05, 0.1) is 17.6 Å². The summed E-state index contributed by atoms with van der Waals surface area (Å²) in [6, 6.07) is 10.3. The Balaban J connectivity index is 1.41. The fourth-order valence-corrected chi connectivity index (χ4v) is 5.42. The first kappa shape index (κ1) is 29.6. The van der Waals surface area contributed by atoms with Crippen molar-refractivity contribution < 1.29 is 18.3 Å². The molecule has 2 aromatic carbocycles. The Kier molecular flexibility index (Phi) is 8.90. The summed E-state index contributed by atoms with van der Waals surface area (Å²) in [5.41, 5.74) is 5.03. The SMILES string of the molecule is CCn1cc(C(=O)Nc2ccc(Oc3cc(N4CCSCC4)cnc3C=CN)c(F)c2)c(=O)n(-c2ccc(F)cc2)c1=O. The number of nitrogens with zero attached hydrogens (tertiary/aromatic N) is 4. The van der Waals surface area contributed by atoms with Crippen molar-refractivity contribution in [2.45, 2.75) is 13.5 Å². The molecule has 1 saturated heterocycles. The van der Waals surface area contributed by atoms with E-state index in [0.717, 1.165) is 59.2 Å². The zero-order chi connectivity index (χ0) is 30.5. The fourth-order valence-electron chi connectivity index (χ4n) is 4.52. The molecule has 0 bridgehead atoms. The first-order chi connectivity index (χ1) is 20.8. The first-order valence-electron chi connectivity index (χ1n) is 13.4. The summed E-state index contributed by atoms with van der Waals surface area (Å²) in [5, 5.41) is 2.50. The summed E-state index contributed by atoms with van der Waals surface area (Å²) in [7, 11) is 0. The molecule has 3 N–H and O–H groups in total. The van der Waals surface area contributed by atoms with Crippen molar-refractivity contribution in [3.05, 3.63) is 111 Å². The topological polar surface area (TPSA) is 124 Å². The third-order valence-corrected chi connectivity index (χ3v) is 7.68. The Hall–Kier alpha value is -4.91. The number of rotatable bonds is 8. The van der Waals surface area contributed by atoms with E-state index in [4.69, 9.17) is 10.5 Å². The quantitative estimate of drug-likeness (QED) is 0.306. The van der Waals surface area contributed by atoms with Crippen LogP contribution in [-0.2, 0) is 6.54 Å². The van der Waals surface area contributed by atoms with Crippen LogP contribution < -0.4 is 31.9 Å². The van der Waals surface area contributed by atoms with Crippen LogP contribution in [0, 0.1) is 11.6 Å². The third kappa shape index (κ3) is 6.46. The first-order valence-corrected chi connectivity index (χ1v) is 14.6. The highest BCUT2D eigenvalue weighted by Gasteiger charge is 2.20. The maximum absolute atomic E-state index is 15.2. The van der Waals surface area contributed by atoms with Gasteiger partial charge in [-0.2, -0.15) is 11.8 Å². The van der Waals surface area contributed by atoms with Crippen LogP contribution in [-0.4, -0.2) is 44.6 Å². The van der Waals surface area contributed by atoms with Crippen molar-refractivity contribution in [2.24, 2.45) is 5.73 Å². The maximum Gasteiger partial charge on any atom is 0.335 e. The van der Waals surface area contributed by atoms with E-state index in [1.54, 1.807) is 25.3 Å². The van der Waals surface area contributed by atoms with Crippen molar-refractivity contribution >= 4 is 35.1 Å². The standard InChI is InChI=1S/C30H28F2N6O4S/c1-2-36-18-23(29(40)38(30(36)41)21-6-3-19(31)4-7-21)28(39)35-20-5-8-26(24(32)15-20)42-27-16-22(17-34-25(27)9-10-33)37-11-13-43-14-12-37/h3-10,15-18H,2,11-14,33H2,1H3,(H,35,39). The second-order valence-corrected chi connectivity index (χ2v) is 10.7. The number of anilines is 2. The van der Waals surface area contributed by atoms with Crippen molar-refractivity contribution in [3.8, 4) is 17.2 Å². The molecule has 0 aliphatic carbocycles. The molecule has 0 atom stereocenters. The van der Waals surface area contributed by atoms with Crippen LogP contribution in [0.1, 0.15) is 23.0 Å². The van der Waals surface area contributed by atoms with E-state index < -0.39 is 28.8 Å². The van der Waals surface area contributed by atoms with E-state index in [-0.39, 0.29) is 29.2 Å². The molecule has 13 heteroatoms. The number of amides is 1. The average Bonchev–Trinajstić information content (AvgIpc) is 3.01. The molecule has 0 unspecified atom stereocenters. The van der Waals surface area contributed by atoms with Gasteiger partial charge in [-0.05, 0) is 55.6 Å². The zero-order valence-corrected chi connectivity index (χ0v) is 23.9. The predicted molar refractivity (Wildman–Crippen MR) is 163 cm³/mol. The average molecular weight is 607 g/mol. The van der Waals surface area contributed by atoms with Crippen LogP contribution in [0.4, 0.5) is 20.2 Å². The lowest BCUT2D eigenvalue weighted by atomic mass is 10.2. The fraction of sp³-hybridized carbons (Fsp3) is 0.200. The number of nitrogens with one attached hydrogen (secondary N) is 1. The largest absolute Gasteiger partial charge is 0.452 e. The van der Waals surface area contributed by atoms with Crippen LogP contribution >= 0.6 is 11.8 Å².